The zero-order chi connectivity index (χ0) is 19.6. The predicted octanol–water partition coefficient (Wildman–Crippen LogP) is 1.88. The van der Waals surface area contributed by atoms with Crippen molar-refractivity contribution in [2.75, 3.05) is 27.1 Å². The largest absolute Gasteiger partial charge is 0.459 e. The van der Waals surface area contributed by atoms with Gasteiger partial charge in [0.25, 0.3) is 10.1 Å². The number of ether oxygens (including phenoxy) is 3. The van der Waals surface area contributed by atoms with Gasteiger partial charge in [0, 0.05) is 25.6 Å². The summed E-state index contributed by atoms with van der Waals surface area (Å²) in [7, 11) is -1.15. The van der Waals surface area contributed by atoms with Crippen molar-refractivity contribution in [1.29, 1.82) is 0 Å². The average Bonchev–Trinajstić information content (AvgIpc) is 2.61. The van der Waals surface area contributed by atoms with Crippen LogP contribution in [0.5, 0.6) is 0 Å². The van der Waals surface area contributed by atoms with E-state index in [1.807, 2.05) is 0 Å². The Balaban J connectivity index is 2.93. The van der Waals surface area contributed by atoms with Gasteiger partial charge in [-0.3, -0.25) is 4.18 Å². The summed E-state index contributed by atoms with van der Waals surface area (Å²) < 4.78 is 43.2. The first-order valence-electron chi connectivity index (χ1n) is 7.51. The van der Waals surface area contributed by atoms with E-state index in [9.17, 15) is 13.2 Å². The summed E-state index contributed by atoms with van der Waals surface area (Å²) in [4.78, 5) is 14.7. The molecule has 0 amide bonds. The van der Waals surface area contributed by atoms with E-state index in [4.69, 9.17) is 23.9 Å². The number of rotatable bonds is 11. The Bertz CT molecular complexity index is 716. The highest BCUT2D eigenvalue weighted by Crippen LogP contribution is 2.17. The zero-order valence-corrected chi connectivity index (χ0v) is 15.5. The molecule has 144 valence electrons. The maximum atomic E-state index is 12.0. The highest BCUT2D eigenvalue weighted by molar-refractivity contribution is 7.86. The summed E-state index contributed by atoms with van der Waals surface area (Å²) in [6.45, 7) is -0.440. The molecule has 0 aliphatic rings. The fourth-order valence-electron chi connectivity index (χ4n) is 2.07. The molecule has 0 aliphatic heterocycles. The number of azide groups is 1. The lowest BCUT2D eigenvalue weighted by Crippen LogP contribution is -2.37. The van der Waals surface area contributed by atoms with Crippen LogP contribution in [0.1, 0.15) is 16.8 Å². The fraction of sp³-hybridized carbons (Fsp3) is 0.533. The maximum absolute atomic E-state index is 12.0. The molecule has 1 rings (SSSR count). The zero-order valence-electron chi connectivity index (χ0n) is 14.6. The molecule has 0 unspecified atom stereocenters. The van der Waals surface area contributed by atoms with Gasteiger partial charge in [-0.2, -0.15) is 8.42 Å². The van der Waals surface area contributed by atoms with Gasteiger partial charge in [0.05, 0.1) is 17.9 Å². The second kappa shape index (κ2) is 10.7. The number of esters is 1. The Morgan fingerprint density at radius 1 is 1.23 bits per heavy atom. The third-order valence-electron chi connectivity index (χ3n) is 3.28. The van der Waals surface area contributed by atoms with Crippen molar-refractivity contribution < 1.29 is 31.6 Å². The highest BCUT2D eigenvalue weighted by Gasteiger charge is 2.29. The van der Waals surface area contributed by atoms with Crippen LogP contribution in [0.15, 0.2) is 35.4 Å². The van der Waals surface area contributed by atoms with Crippen LogP contribution in [0.4, 0.5) is 0 Å². The van der Waals surface area contributed by atoms with Gasteiger partial charge in [0.2, 0.25) is 0 Å². The topological polar surface area (TPSA) is 137 Å². The molecule has 0 aliphatic carbocycles. The summed E-state index contributed by atoms with van der Waals surface area (Å²) in [5, 5.41) is 3.53. The Hall–Kier alpha value is -2.17. The van der Waals surface area contributed by atoms with Gasteiger partial charge < -0.3 is 14.2 Å². The molecule has 0 saturated heterocycles. The summed E-state index contributed by atoms with van der Waals surface area (Å²) in [6.07, 6.45) is -1.15. The second-order valence-electron chi connectivity index (χ2n) is 5.21. The molecule has 0 heterocycles. The van der Waals surface area contributed by atoms with Gasteiger partial charge in [-0.05, 0) is 17.7 Å². The summed E-state index contributed by atoms with van der Waals surface area (Å²) in [5.41, 5.74) is 9.05. The minimum atomic E-state index is -3.90. The van der Waals surface area contributed by atoms with Gasteiger partial charge in [0.15, 0.2) is 6.29 Å². The number of hydrogen-bond acceptors (Lipinski definition) is 8. The van der Waals surface area contributed by atoms with Crippen molar-refractivity contribution in [1.82, 2.24) is 0 Å². The standard InChI is InChI=1S/C15H21N3O7S/c1-22-14(23-2)9-12(17-18-16)13(25-26(3,20)21)10-24-15(19)11-7-5-4-6-8-11/h4-8,12-14H,9-10H2,1-3H3/t12-,13+/m0/s1. The van der Waals surface area contributed by atoms with Crippen LogP contribution in [0.3, 0.4) is 0 Å². The smallest absolute Gasteiger partial charge is 0.338 e. The van der Waals surface area contributed by atoms with Crippen molar-refractivity contribution in [3.8, 4) is 0 Å². The SMILES string of the molecule is COC(C[C@H](N=[N+]=[N-])[C@@H](COC(=O)c1ccccc1)OS(C)(=O)=O)OC. The van der Waals surface area contributed by atoms with Crippen molar-refractivity contribution >= 4 is 16.1 Å². The van der Waals surface area contributed by atoms with Crippen molar-refractivity contribution in [3.05, 3.63) is 46.3 Å². The molecule has 0 spiro atoms. The third-order valence-corrected chi connectivity index (χ3v) is 3.87. The van der Waals surface area contributed by atoms with Crippen LogP contribution in [0.25, 0.3) is 10.4 Å². The Labute approximate surface area is 151 Å². The molecular weight excluding hydrogens is 366 g/mol. The Kier molecular flexibility index (Phi) is 9.03. The van der Waals surface area contributed by atoms with Crippen LogP contribution < -0.4 is 0 Å². The number of nitrogens with zero attached hydrogens (tertiary/aromatic N) is 3. The first-order valence-corrected chi connectivity index (χ1v) is 9.32. The normalized spacial score (nSPS) is 13.7. The van der Waals surface area contributed by atoms with Crippen LogP contribution in [0.2, 0.25) is 0 Å². The lowest BCUT2D eigenvalue weighted by molar-refractivity contribution is -0.114. The molecule has 1 aromatic rings. The molecule has 10 nitrogen and oxygen atoms in total. The molecule has 0 aromatic heterocycles. The van der Waals surface area contributed by atoms with E-state index in [0.717, 1.165) is 6.26 Å². The lowest BCUT2D eigenvalue weighted by Gasteiger charge is -2.25. The van der Waals surface area contributed by atoms with Gasteiger partial charge in [0.1, 0.15) is 12.7 Å². The fourth-order valence-corrected chi connectivity index (χ4v) is 2.70. The lowest BCUT2D eigenvalue weighted by atomic mass is 10.1. The summed E-state index contributed by atoms with van der Waals surface area (Å²) in [6, 6.07) is 7.14. The monoisotopic (exact) mass is 387 g/mol. The first-order chi connectivity index (χ1) is 12.3. The van der Waals surface area contributed by atoms with Crippen LogP contribution in [-0.4, -0.2) is 59.9 Å². The van der Waals surface area contributed by atoms with Gasteiger partial charge >= 0.3 is 5.97 Å². The van der Waals surface area contributed by atoms with Crippen LogP contribution >= 0.6 is 0 Å². The Morgan fingerprint density at radius 3 is 2.35 bits per heavy atom. The van der Waals surface area contributed by atoms with E-state index < -0.39 is 41.1 Å². The third kappa shape index (κ3) is 7.81. The average molecular weight is 387 g/mol. The van der Waals surface area contributed by atoms with E-state index in [2.05, 4.69) is 10.0 Å². The maximum Gasteiger partial charge on any atom is 0.338 e. The second-order valence-corrected chi connectivity index (χ2v) is 6.81. The summed E-state index contributed by atoms with van der Waals surface area (Å²) in [5.74, 6) is -0.664. The number of carbonyl (C=O) groups is 1. The number of hydrogen-bond donors (Lipinski definition) is 0. The van der Waals surface area contributed by atoms with Crippen molar-refractivity contribution in [2.45, 2.75) is 24.9 Å². The molecule has 0 saturated carbocycles. The highest BCUT2D eigenvalue weighted by atomic mass is 32.2. The van der Waals surface area contributed by atoms with E-state index in [1.54, 1.807) is 30.3 Å². The summed E-state index contributed by atoms with van der Waals surface area (Å²) >= 11 is 0. The van der Waals surface area contributed by atoms with Crippen LogP contribution in [-0.2, 0) is 28.5 Å². The van der Waals surface area contributed by atoms with Gasteiger partial charge in [-0.1, -0.05) is 23.3 Å². The van der Waals surface area contributed by atoms with Crippen LogP contribution in [0, 0.1) is 0 Å². The Morgan fingerprint density at radius 2 is 1.85 bits per heavy atom. The molecule has 0 fully saturated rings. The molecular formula is C15H21N3O7S. The molecule has 0 bridgehead atoms. The number of benzene rings is 1. The minimum Gasteiger partial charge on any atom is -0.459 e. The van der Waals surface area contributed by atoms with Gasteiger partial charge in [-0.15, -0.1) is 0 Å². The van der Waals surface area contributed by atoms with Crippen molar-refractivity contribution in [2.24, 2.45) is 5.11 Å². The van der Waals surface area contributed by atoms with E-state index in [0.29, 0.717) is 0 Å². The van der Waals surface area contributed by atoms with E-state index >= 15 is 0 Å². The van der Waals surface area contributed by atoms with E-state index in [-0.39, 0.29) is 12.0 Å². The number of carbonyl (C=O) groups excluding carboxylic acids is 1. The molecule has 2 atom stereocenters. The predicted molar refractivity (Wildman–Crippen MR) is 91.8 cm³/mol. The molecule has 0 N–H and O–H groups in total. The number of methoxy groups -OCH3 is 2. The van der Waals surface area contributed by atoms with Crippen molar-refractivity contribution in [3.63, 3.8) is 0 Å². The first kappa shape index (κ1) is 21.9. The quantitative estimate of drug-likeness (QED) is 0.141. The molecule has 0 radical (unpaired) electrons. The molecule has 26 heavy (non-hydrogen) atoms. The molecule has 11 heteroatoms. The minimum absolute atomic E-state index is 0.000133. The molecule has 1 aromatic carbocycles. The van der Waals surface area contributed by atoms with E-state index in [1.165, 1.54) is 14.2 Å². The van der Waals surface area contributed by atoms with Gasteiger partial charge in [-0.25, -0.2) is 4.79 Å².